The van der Waals surface area contributed by atoms with Gasteiger partial charge in [-0.15, -0.1) is 6.58 Å². The minimum atomic E-state index is -0.0795. The Kier molecular flexibility index (Phi) is 11.8. The smallest absolute Gasteiger partial charge is 0.305 e. The Hall–Kier alpha value is -0.700. The van der Waals surface area contributed by atoms with Crippen LogP contribution in [-0.4, -0.2) is 24.1 Å². The van der Waals surface area contributed by atoms with Crippen LogP contribution in [0.2, 0.25) is 0 Å². The van der Waals surface area contributed by atoms with Crippen LogP contribution in [0.1, 0.15) is 32.6 Å². The average Bonchev–Trinajstić information content (AvgIpc) is 2.28. The van der Waals surface area contributed by atoms with E-state index in [-0.39, 0.29) is 5.97 Å². The van der Waals surface area contributed by atoms with Gasteiger partial charge in [-0.3, -0.25) is 4.79 Å². The molecule has 0 spiro atoms. The topological polar surface area (TPSA) is 26.3 Å². The first-order chi connectivity index (χ1) is 7.81. The predicted octanol–water partition coefficient (Wildman–Crippen LogP) is 3.59. The minimum absolute atomic E-state index is 0.0795. The van der Waals surface area contributed by atoms with Crippen molar-refractivity contribution in [1.29, 1.82) is 0 Å². The van der Waals surface area contributed by atoms with Gasteiger partial charge in [-0.2, -0.15) is 11.8 Å². The third kappa shape index (κ3) is 11.4. The maximum Gasteiger partial charge on any atom is 0.305 e. The van der Waals surface area contributed by atoms with E-state index in [2.05, 4.69) is 19.6 Å². The zero-order valence-corrected chi connectivity index (χ0v) is 10.9. The summed E-state index contributed by atoms with van der Waals surface area (Å²) in [5.41, 5.74) is 0. The summed E-state index contributed by atoms with van der Waals surface area (Å²) in [6, 6.07) is 0. The van der Waals surface area contributed by atoms with Crippen LogP contribution in [0.4, 0.5) is 0 Å². The number of rotatable bonds is 10. The van der Waals surface area contributed by atoms with Crippen LogP contribution in [-0.2, 0) is 9.53 Å². The van der Waals surface area contributed by atoms with Gasteiger partial charge in [0.25, 0.3) is 0 Å². The van der Waals surface area contributed by atoms with Gasteiger partial charge in [0.2, 0.25) is 0 Å². The molecule has 0 aromatic rings. The van der Waals surface area contributed by atoms with Crippen molar-refractivity contribution in [3.8, 4) is 0 Å². The maximum absolute atomic E-state index is 11.2. The molecule has 0 atom stereocenters. The fourth-order valence-electron chi connectivity index (χ4n) is 1.08. The van der Waals surface area contributed by atoms with E-state index in [1.54, 1.807) is 11.8 Å². The predicted molar refractivity (Wildman–Crippen MR) is 71.8 cm³/mol. The van der Waals surface area contributed by atoms with E-state index in [9.17, 15) is 4.79 Å². The van der Waals surface area contributed by atoms with Crippen LogP contribution in [0.5, 0.6) is 0 Å². The number of ether oxygens (including phenoxy) is 1. The Balaban J connectivity index is 3.24. The molecule has 0 aromatic heterocycles. The van der Waals surface area contributed by atoms with E-state index in [0.717, 1.165) is 30.8 Å². The standard InChI is InChI=1S/C13H22O2S/c1-3-5-6-7-10-15-13(14)9-8-12-16-11-4-2/h4-6H,2-3,7-12H2,1H3/b6-5-. The van der Waals surface area contributed by atoms with Crippen molar-refractivity contribution < 1.29 is 9.53 Å². The number of hydrogen-bond donors (Lipinski definition) is 0. The van der Waals surface area contributed by atoms with E-state index in [1.807, 2.05) is 12.2 Å². The Morgan fingerprint density at radius 1 is 1.44 bits per heavy atom. The molecule has 0 aliphatic rings. The van der Waals surface area contributed by atoms with Gasteiger partial charge < -0.3 is 4.74 Å². The van der Waals surface area contributed by atoms with Gasteiger partial charge in [-0.05, 0) is 25.0 Å². The molecule has 0 saturated heterocycles. The van der Waals surface area contributed by atoms with E-state index in [1.165, 1.54) is 0 Å². The Morgan fingerprint density at radius 2 is 2.25 bits per heavy atom. The largest absolute Gasteiger partial charge is 0.465 e. The molecule has 0 N–H and O–H groups in total. The first kappa shape index (κ1) is 15.3. The second-order valence-corrected chi connectivity index (χ2v) is 4.51. The van der Waals surface area contributed by atoms with E-state index >= 15 is 0 Å². The molecule has 0 heterocycles. The quantitative estimate of drug-likeness (QED) is 0.333. The highest BCUT2D eigenvalue weighted by atomic mass is 32.2. The summed E-state index contributed by atoms with van der Waals surface area (Å²) in [7, 11) is 0. The fraction of sp³-hybridized carbons (Fsp3) is 0.615. The monoisotopic (exact) mass is 242 g/mol. The van der Waals surface area contributed by atoms with Gasteiger partial charge in [0, 0.05) is 12.2 Å². The van der Waals surface area contributed by atoms with Crippen LogP contribution in [0.15, 0.2) is 24.8 Å². The van der Waals surface area contributed by atoms with Crippen LogP contribution in [0.3, 0.4) is 0 Å². The van der Waals surface area contributed by atoms with Crippen LogP contribution >= 0.6 is 11.8 Å². The van der Waals surface area contributed by atoms with Crippen LogP contribution in [0, 0.1) is 0 Å². The second kappa shape index (κ2) is 12.4. The molecule has 0 aromatic carbocycles. The highest BCUT2D eigenvalue weighted by molar-refractivity contribution is 7.99. The van der Waals surface area contributed by atoms with Crippen molar-refractivity contribution >= 4 is 17.7 Å². The Labute approximate surface area is 103 Å². The molecule has 92 valence electrons. The minimum Gasteiger partial charge on any atom is -0.465 e. The summed E-state index contributed by atoms with van der Waals surface area (Å²) in [5, 5.41) is 0. The van der Waals surface area contributed by atoms with Crippen molar-refractivity contribution in [1.82, 2.24) is 0 Å². The first-order valence-corrected chi connectivity index (χ1v) is 6.96. The van der Waals surface area contributed by atoms with Crippen molar-refractivity contribution in [2.45, 2.75) is 32.6 Å². The van der Waals surface area contributed by atoms with E-state index < -0.39 is 0 Å². The second-order valence-electron chi connectivity index (χ2n) is 3.36. The lowest BCUT2D eigenvalue weighted by atomic mass is 10.3. The van der Waals surface area contributed by atoms with Gasteiger partial charge in [0.05, 0.1) is 6.61 Å². The fourth-order valence-corrected chi connectivity index (χ4v) is 1.76. The first-order valence-electron chi connectivity index (χ1n) is 5.80. The summed E-state index contributed by atoms with van der Waals surface area (Å²) >= 11 is 1.79. The molecule has 0 saturated carbocycles. The molecule has 0 aliphatic carbocycles. The molecule has 0 radical (unpaired) electrons. The maximum atomic E-state index is 11.2. The molecule has 16 heavy (non-hydrogen) atoms. The number of thioether (sulfide) groups is 1. The molecule has 0 rings (SSSR count). The molecule has 0 unspecified atom stereocenters. The molecule has 0 bridgehead atoms. The van der Waals surface area contributed by atoms with Gasteiger partial charge in [0.1, 0.15) is 0 Å². The number of hydrogen-bond acceptors (Lipinski definition) is 3. The molecular formula is C13H22O2S. The zero-order chi connectivity index (χ0) is 12.1. The Morgan fingerprint density at radius 3 is 2.94 bits per heavy atom. The zero-order valence-electron chi connectivity index (χ0n) is 10.1. The molecule has 0 aliphatic heterocycles. The molecular weight excluding hydrogens is 220 g/mol. The lowest BCUT2D eigenvalue weighted by Crippen LogP contribution is -2.05. The molecule has 3 heteroatoms. The van der Waals surface area contributed by atoms with Crippen LogP contribution in [0.25, 0.3) is 0 Å². The summed E-state index contributed by atoms with van der Waals surface area (Å²) in [5.74, 6) is 1.87. The number of carbonyl (C=O) groups is 1. The number of esters is 1. The highest BCUT2D eigenvalue weighted by Gasteiger charge is 2.01. The molecule has 0 amide bonds. The van der Waals surface area contributed by atoms with Gasteiger partial charge in [-0.25, -0.2) is 0 Å². The van der Waals surface area contributed by atoms with Gasteiger partial charge >= 0.3 is 5.97 Å². The average molecular weight is 242 g/mol. The molecule has 2 nitrogen and oxygen atoms in total. The van der Waals surface area contributed by atoms with Crippen molar-refractivity contribution in [2.24, 2.45) is 0 Å². The number of carbonyl (C=O) groups excluding carboxylic acids is 1. The third-order valence-electron chi connectivity index (χ3n) is 1.86. The SMILES string of the molecule is C=CCSCCCC(=O)OCC/C=C\CC. The van der Waals surface area contributed by atoms with Crippen molar-refractivity contribution in [2.75, 3.05) is 18.1 Å². The van der Waals surface area contributed by atoms with Crippen molar-refractivity contribution in [3.05, 3.63) is 24.8 Å². The van der Waals surface area contributed by atoms with E-state index in [4.69, 9.17) is 4.74 Å². The molecule has 0 fully saturated rings. The lowest BCUT2D eigenvalue weighted by Gasteiger charge is -2.02. The van der Waals surface area contributed by atoms with Gasteiger partial charge in [0.15, 0.2) is 0 Å². The summed E-state index contributed by atoms with van der Waals surface area (Å²) in [4.78, 5) is 11.2. The Bertz CT molecular complexity index is 212. The van der Waals surface area contributed by atoms with Gasteiger partial charge in [-0.1, -0.05) is 25.2 Å². The highest BCUT2D eigenvalue weighted by Crippen LogP contribution is 2.05. The van der Waals surface area contributed by atoms with Crippen molar-refractivity contribution in [3.63, 3.8) is 0 Å². The van der Waals surface area contributed by atoms with E-state index in [0.29, 0.717) is 13.0 Å². The summed E-state index contributed by atoms with van der Waals surface area (Å²) in [6.45, 7) is 6.24. The van der Waals surface area contributed by atoms with Crippen LogP contribution < -0.4 is 0 Å². The summed E-state index contributed by atoms with van der Waals surface area (Å²) < 4.78 is 5.08. The lowest BCUT2D eigenvalue weighted by molar-refractivity contribution is -0.143. The summed E-state index contributed by atoms with van der Waals surface area (Å²) in [6.07, 6.45) is 9.29. The normalized spacial score (nSPS) is 10.6. The number of allylic oxidation sites excluding steroid dienone is 1. The third-order valence-corrected chi connectivity index (χ3v) is 2.90.